The van der Waals surface area contributed by atoms with Crippen LogP contribution >= 0.6 is 0 Å². The summed E-state index contributed by atoms with van der Waals surface area (Å²) < 4.78 is 62.4. The fourth-order valence-electron chi connectivity index (χ4n) is 7.18. The van der Waals surface area contributed by atoms with E-state index < -0.39 is 29.5 Å². The van der Waals surface area contributed by atoms with E-state index in [4.69, 9.17) is 42.3 Å². The molecule has 6 rings (SSSR count). The Morgan fingerprint density at radius 3 is 1.28 bits per heavy atom. The molecule has 0 saturated heterocycles. The summed E-state index contributed by atoms with van der Waals surface area (Å²) in [4.78, 5) is 0. The highest BCUT2D eigenvalue weighted by molar-refractivity contribution is 7.90. The predicted octanol–water partition coefficient (Wildman–Crippen LogP) is 2.61. The number of hydrogen-bond donors (Lipinski definition) is 6. The van der Waals surface area contributed by atoms with Crippen LogP contribution < -0.4 is 31.4 Å². The number of primary sulfonamides is 2. The summed E-state index contributed by atoms with van der Waals surface area (Å²) in [5.74, 6) is 11.6. The number of nitrogens with one attached hydrogen (secondary N) is 2. The lowest BCUT2D eigenvalue weighted by Crippen LogP contribution is -2.49. The van der Waals surface area contributed by atoms with Crippen molar-refractivity contribution in [2.24, 2.45) is 32.2 Å². The molecule has 2 aliphatic carbocycles. The van der Waals surface area contributed by atoms with E-state index >= 15 is 0 Å². The SMILES string of the molecule is COc1cc(-c2ccc(C3(S(N)(=O)=O)C/C(=N\N)C(=N)c4ccccc43)c(OC)c2)ccc1C1(S(N)(=O)=O)C/C(=N/N)C(=N)c2ccccc21. The second-order valence-corrected chi connectivity index (χ2v) is 15.5. The van der Waals surface area contributed by atoms with Crippen molar-refractivity contribution in [2.75, 3.05) is 14.2 Å². The molecule has 0 spiro atoms. The van der Waals surface area contributed by atoms with Crippen LogP contribution in [0.3, 0.4) is 0 Å². The van der Waals surface area contributed by atoms with Crippen LogP contribution in [0.5, 0.6) is 11.5 Å². The number of methoxy groups -OCH3 is 2. The van der Waals surface area contributed by atoms with Crippen molar-refractivity contribution < 1.29 is 26.3 Å². The van der Waals surface area contributed by atoms with Gasteiger partial charge in [0.05, 0.1) is 37.1 Å². The molecule has 0 saturated carbocycles. The van der Waals surface area contributed by atoms with Gasteiger partial charge < -0.3 is 21.2 Å². The zero-order valence-electron chi connectivity index (χ0n) is 27.0. The molecule has 0 aliphatic heterocycles. The van der Waals surface area contributed by atoms with E-state index in [-0.39, 0.29) is 69.4 Å². The normalized spacial score (nSPS) is 22.2. The highest BCUT2D eigenvalue weighted by Crippen LogP contribution is 2.51. The number of nitrogens with zero attached hydrogens (tertiary/aromatic N) is 2. The van der Waals surface area contributed by atoms with Crippen molar-refractivity contribution >= 4 is 42.9 Å². The first-order chi connectivity index (χ1) is 23.7. The topological polar surface area (TPSA) is 263 Å². The highest BCUT2D eigenvalue weighted by Gasteiger charge is 2.54. The number of fused-ring (bicyclic) bond motifs is 2. The van der Waals surface area contributed by atoms with Gasteiger partial charge in [-0.15, -0.1) is 0 Å². The van der Waals surface area contributed by atoms with Gasteiger partial charge in [0.25, 0.3) is 0 Å². The molecule has 16 heteroatoms. The number of rotatable bonds is 7. The molecule has 14 nitrogen and oxygen atoms in total. The molecular formula is C34H34N8O6S2. The average Bonchev–Trinajstić information content (AvgIpc) is 3.11. The molecule has 0 aromatic heterocycles. The van der Waals surface area contributed by atoms with Crippen LogP contribution in [0.25, 0.3) is 11.1 Å². The molecule has 0 radical (unpaired) electrons. The summed E-state index contributed by atoms with van der Waals surface area (Å²) in [6.45, 7) is 0. The quantitative estimate of drug-likeness (QED) is 0.122. The van der Waals surface area contributed by atoms with E-state index in [2.05, 4.69) is 10.2 Å². The first-order valence-corrected chi connectivity index (χ1v) is 18.1. The summed E-state index contributed by atoms with van der Waals surface area (Å²) in [6, 6.07) is 22.9. The first-order valence-electron chi connectivity index (χ1n) is 15.0. The summed E-state index contributed by atoms with van der Waals surface area (Å²) in [7, 11) is -6.12. The van der Waals surface area contributed by atoms with E-state index in [1.807, 2.05) is 0 Å². The molecule has 0 heterocycles. The summed E-state index contributed by atoms with van der Waals surface area (Å²) in [5, 5.41) is 36.7. The predicted molar refractivity (Wildman–Crippen MR) is 192 cm³/mol. The van der Waals surface area contributed by atoms with Gasteiger partial charge in [-0.05, 0) is 34.4 Å². The summed E-state index contributed by atoms with van der Waals surface area (Å²) >= 11 is 0. The maximum atomic E-state index is 13.6. The van der Waals surface area contributed by atoms with Gasteiger partial charge in [-0.25, -0.2) is 27.1 Å². The molecule has 2 atom stereocenters. The minimum Gasteiger partial charge on any atom is -0.496 e. The Morgan fingerprint density at radius 1 is 0.600 bits per heavy atom. The van der Waals surface area contributed by atoms with Gasteiger partial charge in [-0.1, -0.05) is 72.8 Å². The number of sulfonamides is 2. The lowest BCUT2D eigenvalue weighted by atomic mass is 9.75. The summed E-state index contributed by atoms with van der Waals surface area (Å²) in [6.07, 6.45) is -0.613. The van der Waals surface area contributed by atoms with Crippen LogP contribution in [0, 0.1) is 10.8 Å². The molecule has 0 bridgehead atoms. The number of nitrogens with two attached hydrogens (primary N) is 4. The van der Waals surface area contributed by atoms with Crippen molar-refractivity contribution in [3.05, 3.63) is 118 Å². The number of benzene rings is 4. The number of hydrazone groups is 2. The molecule has 2 unspecified atom stereocenters. The van der Waals surface area contributed by atoms with Crippen LogP contribution in [-0.2, 0) is 29.5 Å². The smallest absolute Gasteiger partial charge is 0.223 e. The minimum absolute atomic E-state index is 0.00954. The zero-order chi connectivity index (χ0) is 36.2. The molecule has 10 N–H and O–H groups in total. The van der Waals surface area contributed by atoms with E-state index in [0.717, 1.165) is 0 Å². The molecule has 4 aromatic rings. The lowest BCUT2D eigenvalue weighted by Gasteiger charge is -2.39. The van der Waals surface area contributed by atoms with Crippen LogP contribution in [0.1, 0.15) is 46.2 Å². The minimum atomic E-state index is -4.45. The Morgan fingerprint density at radius 2 is 0.960 bits per heavy atom. The Kier molecular flexibility index (Phi) is 8.38. The fraction of sp³-hybridized carbons (Fsp3) is 0.176. The Hall–Kier alpha value is -5.42. The van der Waals surface area contributed by atoms with Crippen LogP contribution in [0.4, 0.5) is 0 Å². The van der Waals surface area contributed by atoms with Crippen LogP contribution in [0.15, 0.2) is 95.1 Å². The van der Waals surface area contributed by atoms with Crippen LogP contribution in [0.2, 0.25) is 0 Å². The number of hydrogen-bond acceptors (Lipinski definition) is 12. The molecule has 50 heavy (non-hydrogen) atoms. The lowest BCUT2D eigenvalue weighted by molar-refractivity contribution is 0.403. The van der Waals surface area contributed by atoms with Crippen molar-refractivity contribution in [3.63, 3.8) is 0 Å². The maximum Gasteiger partial charge on any atom is 0.223 e. The third-order valence-electron chi connectivity index (χ3n) is 9.56. The zero-order valence-corrected chi connectivity index (χ0v) is 28.6. The van der Waals surface area contributed by atoms with Crippen molar-refractivity contribution in [2.45, 2.75) is 22.3 Å². The highest BCUT2D eigenvalue weighted by atomic mass is 32.2. The molecule has 4 aromatic carbocycles. The number of ether oxygens (including phenoxy) is 2. The van der Waals surface area contributed by atoms with Gasteiger partial charge in [0.15, 0.2) is 0 Å². The average molecular weight is 715 g/mol. The van der Waals surface area contributed by atoms with Gasteiger partial charge >= 0.3 is 0 Å². The van der Waals surface area contributed by atoms with E-state index in [9.17, 15) is 16.8 Å². The second kappa shape index (κ2) is 12.2. The van der Waals surface area contributed by atoms with Crippen molar-refractivity contribution in [1.29, 1.82) is 10.8 Å². The van der Waals surface area contributed by atoms with Gasteiger partial charge in [0.2, 0.25) is 20.0 Å². The van der Waals surface area contributed by atoms with Gasteiger partial charge in [0.1, 0.15) is 21.0 Å². The maximum absolute atomic E-state index is 13.6. The molecule has 0 fully saturated rings. The summed E-state index contributed by atoms with van der Waals surface area (Å²) in [5.41, 5.74) is 2.81. The Balaban J connectivity index is 1.55. The van der Waals surface area contributed by atoms with E-state index in [1.165, 1.54) is 14.2 Å². The van der Waals surface area contributed by atoms with Crippen molar-refractivity contribution in [3.8, 4) is 22.6 Å². The molecule has 258 valence electrons. The Labute approximate surface area is 288 Å². The van der Waals surface area contributed by atoms with Crippen molar-refractivity contribution in [1.82, 2.24) is 0 Å². The Bertz CT molecular complexity index is 2230. The fourth-order valence-corrected chi connectivity index (χ4v) is 9.78. The standard InChI is InChI=1S/C34H34N8O6S2/c1-47-29-15-19(11-13-25(29)33(49(39,43)44)17-27(41-37)31(35)21-7-3-5-9-23(21)33)20-12-14-26(30(16-20)48-2)34(50(40,45)46)18-28(42-38)32(36)22-8-4-6-10-24(22)34/h3-16,35-36H,17-18,37-38H2,1-2H3,(H2,39,43,44)(H2,40,45,46)/b35-31?,36-32?,41-27-,42-28+. The second-order valence-electron chi connectivity index (χ2n) is 11.9. The monoisotopic (exact) mass is 714 g/mol. The van der Waals surface area contributed by atoms with E-state index in [1.54, 1.807) is 84.9 Å². The molecular weight excluding hydrogens is 681 g/mol. The third-order valence-corrected chi connectivity index (χ3v) is 12.7. The van der Waals surface area contributed by atoms with Gasteiger partial charge in [-0.2, -0.15) is 10.2 Å². The van der Waals surface area contributed by atoms with Gasteiger partial charge in [0, 0.05) is 35.1 Å². The first kappa shape index (κ1) is 34.4. The van der Waals surface area contributed by atoms with Gasteiger partial charge in [-0.3, -0.25) is 10.8 Å². The van der Waals surface area contributed by atoms with E-state index in [0.29, 0.717) is 22.3 Å². The molecule has 0 amide bonds. The third kappa shape index (κ3) is 4.90. The molecule has 2 aliphatic rings. The largest absolute Gasteiger partial charge is 0.496 e. The van der Waals surface area contributed by atoms with Crippen LogP contribution in [-0.4, -0.2) is 53.9 Å².